The van der Waals surface area contributed by atoms with Crippen molar-refractivity contribution >= 4 is 17.9 Å². The van der Waals surface area contributed by atoms with Gasteiger partial charge in [0.05, 0.1) is 0 Å². The summed E-state index contributed by atoms with van der Waals surface area (Å²) < 4.78 is 27.0. The summed E-state index contributed by atoms with van der Waals surface area (Å²) in [4.78, 5) is 35.3. The van der Waals surface area contributed by atoms with Crippen LogP contribution in [0, 0.1) is 0 Å². The van der Waals surface area contributed by atoms with Gasteiger partial charge in [-0.15, -0.1) is 0 Å². The van der Waals surface area contributed by atoms with E-state index in [1.807, 2.05) is 54.6 Å². The summed E-state index contributed by atoms with van der Waals surface area (Å²) in [7, 11) is 0. The first kappa shape index (κ1) is 31.4. The molecule has 0 radical (unpaired) electrons. The van der Waals surface area contributed by atoms with E-state index in [0.29, 0.717) is 28.4 Å². The molecule has 0 aromatic heterocycles. The molecule has 0 atom stereocenters. The van der Waals surface area contributed by atoms with Crippen LogP contribution in [0.25, 0.3) is 22.3 Å². The summed E-state index contributed by atoms with van der Waals surface area (Å²) >= 11 is 0. The Morgan fingerprint density at radius 2 is 0.881 bits per heavy atom. The first-order chi connectivity index (χ1) is 20.0. The highest BCUT2D eigenvalue weighted by molar-refractivity contribution is 5.89. The van der Waals surface area contributed by atoms with Gasteiger partial charge >= 0.3 is 17.9 Å². The van der Waals surface area contributed by atoms with Crippen LogP contribution in [-0.2, 0) is 23.9 Å². The van der Waals surface area contributed by atoms with Gasteiger partial charge in [-0.05, 0) is 85.5 Å². The Labute approximate surface area is 245 Å². The molecule has 0 amide bonds. The van der Waals surface area contributed by atoms with Crippen LogP contribution in [-0.4, -0.2) is 44.3 Å². The zero-order valence-electron chi connectivity index (χ0n) is 24.1. The van der Waals surface area contributed by atoms with Crippen LogP contribution < -0.4 is 14.2 Å². The molecule has 0 aliphatic heterocycles. The van der Waals surface area contributed by atoms with Gasteiger partial charge in [-0.3, -0.25) is 0 Å². The van der Waals surface area contributed by atoms with Gasteiger partial charge in [-0.1, -0.05) is 44.0 Å². The van der Waals surface area contributed by atoms with Crippen molar-refractivity contribution in [3.8, 4) is 39.5 Å². The van der Waals surface area contributed by atoms with Crippen molar-refractivity contribution in [2.45, 2.75) is 20.8 Å². The van der Waals surface area contributed by atoms with E-state index < -0.39 is 17.9 Å². The summed E-state index contributed by atoms with van der Waals surface area (Å²) in [5.74, 6) is 0.155. The predicted octanol–water partition coefficient (Wildman–Crippen LogP) is 6.50. The molecule has 8 heteroatoms. The van der Waals surface area contributed by atoms with Gasteiger partial charge in [-0.2, -0.15) is 0 Å². The SMILES string of the molecule is C=C(C)C(=O)OCCOc1ccc(-c2cc(OC(=O)C(=C)C)cc(-c3ccc(OCCOC(=O)C(=C)C)cc3)c2)cc1. The molecule has 0 heterocycles. The maximum atomic E-state index is 12.3. The molecule has 3 rings (SSSR count). The van der Waals surface area contributed by atoms with Crippen LogP contribution in [0.2, 0.25) is 0 Å². The topological polar surface area (TPSA) is 97.4 Å². The number of rotatable bonds is 14. The number of benzene rings is 3. The molecule has 0 aliphatic carbocycles. The molecular weight excluding hydrogens is 536 g/mol. The van der Waals surface area contributed by atoms with Crippen LogP contribution in [0.3, 0.4) is 0 Å². The van der Waals surface area contributed by atoms with Gasteiger partial charge in [0.15, 0.2) is 0 Å². The van der Waals surface area contributed by atoms with Crippen LogP contribution >= 0.6 is 0 Å². The standard InChI is InChI=1S/C34H34O8/c1-22(2)32(35)40-17-15-38-29-11-7-25(8-12-29)27-19-28(21-31(20-27)42-34(37)24(5)6)26-9-13-30(14-10-26)39-16-18-41-33(36)23(3)4/h7-14,19-21H,1,3,5,15-18H2,2,4,6H3. The lowest BCUT2D eigenvalue weighted by Gasteiger charge is -2.13. The quantitative estimate of drug-likeness (QED) is 0.0938. The van der Waals surface area contributed by atoms with Crippen molar-refractivity contribution in [1.82, 2.24) is 0 Å². The number of hydrogen-bond acceptors (Lipinski definition) is 8. The Kier molecular flexibility index (Phi) is 11.3. The molecule has 0 bridgehead atoms. The molecule has 42 heavy (non-hydrogen) atoms. The first-order valence-corrected chi connectivity index (χ1v) is 13.2. The third kappa shape index (κ3) is 9.52. The Morgan fingerprint density at radius 1 is 0.500 bits per heavy atom. The Balaban J connectivity index is 1.75. The summed E-state index contributed by atoms with van der Waals surface area (Å²) in [6, 6.07) is 20.3. The molecular formula is C34H34O8. The largest absolute Gasteiger partial charge is 0.490 e. The maximum Gasteiger partial charge on any atom is 0.338 e. The van der Waals surface area contributed by atoms with Crippen molar-refractivity contribution in [2.24, 2.45) is 0 Å². The maximum absolute atomic E-state index is 12.3. The van der Waals surface area contributed by atoms with Gasteiger partial charge in [0.1, 0.15) is 43.7 Å². The van der Waals surface area contributed by atoms with E-state index in [2.05, 4.69) is 19.7 Å². The summed E-state index contributed by atoms with van der Waals surface area (Å²) in [6.07, 6.45) is 0. The van der Waals surface area contributed by atoms with E-state index in [4.69, 9.17) is 23.7 Å². The second-order valence-electron chi connectivity index (χ2n) is 9.49. The van der Waals surface area contributed by atoms with Crippen LogP contribution in [0.1, 0.15) is 20.8 Å². The summed E-state index contributed by atoms with van der Waals surface area (Å²) in [5, 5.41) is 0. The summed E-state index contributed by atoms with van der Waals surface area (Å²) in [6.45, 7) is 16.1. The molecule has 0 spiro atoms. The molecule has 0 unspecified atom stereocenters. The van der Waals surface area contributed by atoms with Crippen LogP contribution in [0.5, 0.6) is 17.2 Å². The zero-order valence-corrected chi connectivity index (χ0v) is 24.1. The fraction of sp³-hybridized carbons (Fsp3) is 0.206. The summed E-state index contributed by atoms with van der Waals surface area (Å²) in [5.41, 5.74) is 4.32. The molecule has 3 aromatic carbocycles. The highest BCUT2D eigenvalue weighted by atomic mass is 16.6. The van der Waals surface area contributed by atoms with Crippen molar-refractivity contribution in [3.05, 3.63) is 103 Å². The van der Waals surface area contributed by atoms with Crippen LogP contribution in [0.4, 0.5) is 0 Å². The van der Waals surface area contributed by atoms with E-state index in [1.165, 1.54) is 0 Å². The monoisotopic (exact) mass is 570 g/mol. The fourth-order valence-corrected chi connectivity index (χ4v) is 3.51. The Morgan fingerprint density at radius 3 is 1.24 bits per heavy atom. The number of carbonyl (C=O) groups is 3. The Bertz CT molecular complexity index is 1370. The fourth-order valence-electron chi connectivity index (χ4n) is 3.51. The van der Waals surface area contributed by atoms with E-state index in [9.17, 15) is 14.4 Å². The second kappa shape index (κ2) is 15.0. The minimum atomic E-state index is -0.523. The number of esters is 3. The number of carbonyl (C=O) groups excluding carboxylic acids is 3. The van der Waals surface area contributed by atoms with Crippen molar-refractivity contribution < 1.29 is 38.1 Å². The first-order valence-electron chi connectivity index (χ1n) is 13.2. The van der Waals surface area contributed by atoms with Gasteiger partial charge in [0.2, 0.25) is 0 Å². The normalized spacial score (nSPS) is 10.3. The number of hydrogen-bond donors (Lipinski definition) is 0. The molecule has 218 valence electrons. The molecule has 0 saturated carbocycles. The van der Waals surface area contributed by atoms with Crippen molar-refractivity contribution in [1.29, 1.82) is 0 Å². The van der Waals surface area contributed by atoms with E-state index in [1.54, 1.807) is 32.9 Å². The lowest BCUT2D eigenvalue weighted by atomic mass is 9.98. The van der Waals surface area contributed by atoms with E-state index in [-0.39, 0.29) is 32.0 Å². The van der Waals surface area contributed by atoms with Gasteiger partial charge < -0.3 is 23.7 Å². The third-order valence-corrected chi connectivity index (χ3v) is 5.71. The van der Waals surface area contributed by atoms with E-state index >= 15 is 0 Å². The van der Waals surface area contributed by atoms with Crippen LogP contribution in [0.15, 0.2) is 103 Å². The Hall–Kier alpha value is -5.11. The van der Waals surface area contributed by atoms with Gasteiger partial charge in [0, 0.05) is 16.7 Å². The van der Waals surface area contributed by atoms with E-state index in [0.717, 1.165) is 22.3 Å². The lowest BCUT2D eigenvalue weighted by molar-refractivity contribution is -0.140. The predicted molar refractivity (Wildman–Crippen MR) is 160 cm³/mol. The molecule has 0 N–H and O–H groups in total. The molecule has 3 aromatic rings. The lowest BCUT2D eigenvalue weighted by Crippen LogP contribution is -2.12. The molecule has 0 aliphatic rings. The average molecular weight is 571 g/mol. The molecule has 0 fully saturated rings. The van der Waals surface area contributed by atoms with Gasteiger partial charge in [0.25, 0.3) is 0 Å². The second-order valence-corrected chi connectivity index (χ2v) is 9.49. The third-order valence-electron chi connectivity index (χ3n) is 5.71. The zero-order chi connectivity index (χ0) is 30.6. The van der Waals surface area contributed by atoms with Gasteiger partial charge in [-0.25, -0.2) is 14.4 Å². The highest BCUT2D eigenvalue weighted by Crippen LogP contribution is 2.33. The smallest absolute Gasteiger partial charge is 0.338 e. The number of ether oxygens (including phenoxy) is 5. The van der Waals surface area contributed by atoms with Crippen molar-refractivity contribution in [2.75, 3.05) is 26.4 Å². The minimum absolute atomic E-state index is 0.110. The minimum Gasteiger partial charge on any atom is -0.490 e. The highest BCUT2D eigenvalue weighted by Gasteiger charge is 2.12. The molecule has 8 nitrogen and oxygen atoms in total. The average Bonchev–Trinajstić information content (AvgIpc) is 2.97. The van der Waals surface area contributed by atoms with Crippen molar-refractivity contribution in [3.63, 3.8) is 0 Å². The molecule has 0 saturated heterocycles.